The summed E-state index contributed by atoms with van der Waals surface area (Å²) in [5.74, 6) is -0.213. The van der Waals surface area contributed by atoms with Gasteiger partial charge in [-0.25, -0.2) is 14.4 Å². The zero-order valence-corrected chi connectivity index (χ0v) is 14.2. The second-order valence-corrected chi connectivity index (χ2v) is 6.02. The summed E-state index contributed by atoms with van der Waals surface area (Å²) in [6.45, 7) is 0. The van der Waals surface area contributed by atoms with Crippen LogP contribution in [0.2, 0.25) is 0 Å². The number of halogens is 1. The summed E-state index contributed by atoms with van der Waals surface area (Å²) in [5.41, 5.74) is 9.71. The maximum absolute atomic E-state index is 13.4. The van der Waals surface area contributed by atoms with Crippen molar-refractivity contribution in [2.24, 2.45) is 0 Å². The van der Waals surface area contributed by atoms with Crippen molar-refractivity contribution in [1.82, 2.24) is 34.4 Å². The van der Waals surface area contributed by atoms with E-state index >= 15 is 0 Å². The van der Waals surface area contributed by atoms with Crippen LogP contribution in [0.15, 0.2) is 48.8 Å². The van der Waals surface area contributed by atoms with Gasteiger partial charge in [0.25, 0.3) is 0 Å². The number of rotatable bonds is 2. The highest BCUT2D eigenvalue weighted by molar-refractivity contribution is 5.82. The summed E-state index contributed by atoms with van der Waals surface area (Å²) in [4.78, 5) is 8.66. The van der Waals surface area contributed by atoms with Crippen molar-refractivity contribution in [1.29, 1.82) is 5.26 Å². The standard InChI is InChI=1S/C18H10FN9/c19-12-4-1-10(2-5-12)15-16(28-18(17(21)23-15)24-25-26-28)11-3-6-14-22-8-13(7-20)27(14)9-11/h1-6,8-9H,(H2,21,23). The zero-order valence-electron chi connectivity index (χ0n) is 14.2. The molecule has 2 N–H and O–H groups in total. The Morgan fingerprint density at radius 2 is 1.86 bits per heavy atom. The van der Waals surface area contributed by atoms with Crippen molar-refractivity contribution in [2.45, 2.75) is 0 Å². The Morgan fingerprint density at radius 3 is 2.64 bits per heavy atom. The third-order valence-corrected chi connectivity index (χ3v) is 4.38. The molecule has 4 aromatic heterocycles. The highest BCUT2D eigenvalue weighted by Crippen LogP contribution is 2.32. The minimum absolute atomic E-state index is 0.148. The summed E-state index contributed by atoms with van der Waals surface area (Å²) in [6, 6.07) is 11.6. The highest BCUT2D eigenvalue weighted by Gasteiger charge is 2.19. The molecule has 0 amide bonds. The first-order chi connectivity index (χ1) is 13.7. The average molecular weight is 371 g/mol. The highest BCUT2D eigenvalue weighted by atomic mass is 19.1. The van der Waals surface area contributed by atoms with Gasteiger partial charge in [-0.15, -0.1) is 5.10 Å². The number of imidazole rings is 1. The Labute approximate surface area is 156 Å². The molecule has 134 valence electrons. The second kappa shape index (κ2) is 5.82. The van der Waals surface area contributed by atoms with Gasteiger partial charge in [-0.1, -0.05) is 0 Å². The topological polar surface area (TPSA) is 123 Å². The summed E-state index contributed by atoms with van der Waals surface area (Å²) in [6.07, 6.45) is 3.25. The lowest BCUT2D eigenvalue weighted by atomic mass is 10.0. The fourth-order valence-corrected chi connectivity index (χ4v) is 3.09. The number of anilines is 1. The van der Waals surface area contributed by atoms with Gasteiger partial charge in [0.05, 0.1) is 11.9 Å². The minimum atomic E-state index is -0.361. The molecule has 4 heterocycles. The number of nitrogens with zero attached hydrogens (tertiary/aromatic N) is 8. The molecule has 0 saturated heterocycles. The van der Waals surface area contributed by atoms with E-state index in [0.717, 1.165) is 0 Å². The Hall–Kier alpha value is -4.39. The van der Waals surface area contributed by atoms with Gasteiger partial charge in [0.1, 0.15) is 28.9 Å². The molecule has 0 aliphatic heterocycles. The number of fused-ring (bicyclic) bond motifs is 2. The summed E-state index contributed by atoms with van der Waals surface area (Å²) in [5, 5.41) is 21.0. The van der Waals surface area contributed by atoms with Crippen molar-refractivity contribution >= 4 is 17.1 Å². The SMILES string of the molecule is N#Cc1cnc2ccc(-c3c(-c4ccc(F)cc4)nc(N)c4nnnn34)cn12. The fraction of sp³-hybridized carbons (Fsp3) is 0. The van der Waals surface area contributed by atoms with Crippen LogP contribution in [0.4, 0.5) is 10.2 Å². The van der Waals surface area contributed by atoms with Crippen LogP contribution in [-0.2, 0) is 0 Å². The van der Waals surface area contributed by atoms with Gasteiger partial charge in [-0.2, -0.15) is 9.78 Å². The predicted molar refractivity (Wildman–Crippen MR) is 97.3 cm³/mol. The van der Waals surface area contributed by atoms with Crippen molar-refractivity contribution in [3.8, 4) is 28.6 Å². The Kier molecular flexibility index (Phi) is 3.29. The number of tetrazole rings is 1. The van der Waals surface area contributed by atoms with E-state index in [4.69, 9.17) is 5.73 Å². The molecule has 5 aromatic rings. The number of nitrogens with two attached hydrogens (primary N) is 1. The summed E-state index contributed by atoms with van der Waals surface area (Å²) >= 11 is 0. The first-order valence-corrected chi connectivity index (χ1v) is 8.17. The van der Waals surface area contributed by atoms with Gasteiger partial charge >= 0.3 is 0 Å². The number of nitriles is 1. The number of aromatic nitrogens is 7. The largest absolute Gasteiger partial charge is 0.380 e. The molecule has 5 rings (SSSR count). The normalized spacial score (nSPS) is 11.1. The minimum Gasteiger partial charge on any atom is -0.380 e. The van der Waals surface area contributed by atoms with Crippen molar-refractivity contribution in [2.75, 3.05) is 5.73 Å². The lowest BCUT2D eigenvalue weighted by Crippen LogP contribution is -2.05. The van der Waals surface area contributed by atoms with E-state index in [1.165, 1.54) is 22.8 Å². The van der Waals surface area contributed by atoms with Crippen LogP contribution < -0.4 is 5.73 Å². The third kappa shape index (κ3) is 2.27. The molecule has 0 aliphatic carbocycles. The molecule has 0 fully saturated rings. The first kappa shape index (κ1) is 15.8. The third-order valence-electron chi connectivity index (χ3n) is 4.38. The lowest BCUT2D eigenvalue weighted by molar-refractivity contribution is 0.628. The lowest BCUT2D eigenvalue weighted by Gasteiger charge is -2.12. The molecular weight excluding hydrogens is 361 g/mol. The van der Waals surface area contributed by atoms with Crippen molar-refractivity contribution in [3.63, 3.8) is 0 Å². The van der Waals surface area contributed by atoms with E-state index in [1.807, 2.05) is 6.07 Å². The van der Waals surface area contributed by atoms with Gasteiger partial charge < -0.3 is 5.73 Å². The van der Waals surface area contributed by atoms with Gasteiger partial charge in [0.2, 0.25) is 5.65 Å². The van der Waals surface area contributed by atoms with Gasteiger partial charge in [0.15, 0.2) is 5.82 Å². The van der Waals surface area contributed by atoms with Gasteiger partial charge in [-0.3, -0.25) is 4.40 Å². The zero-order chi connectivity index (χ0) is 19.3. The maximum Gasteiger partial charge on any atom is 0.222 e. The van der Waals surface area contributed by atoms with Crippen LogP contribution in [0.1, 0.15) is 5.69 Å². The summed E-state index contributed by atoms with van der Waals surface area (Å²) in [7, 11) is 0. The number of hydrogen-bond donors (Lipinski definition) is 1. The summed E-state index contributed by atoms with van der Waals surface area (Å²) < 4.78 is 16.5. The van der Waals surface area contributed by atoms with E-state index in [9.17, 15) is 9.65 Å². The van der Waals surface area contributed by atoms with Crippen LogP contribution in [-0.4, -0.2) is 34.4 Å². The molecule has 0 saturated carbocycles. The fourth-order valence-electron chi connectivity index (χ4n) is 3.09. The Morgan fingerprint density at radius 1 is 1.07 bits per heavy atom. The molecule has 1 aromatic carbocycles. The Balaban J connectivity index is 1.86. The van der Waals surface area contributed by atoms with Crippen LogP contribution >= 0.6 is 0 Å². The van der Waals surface area contributed by atoms with Crippen LogP contribution in [0.3, 0.4) is 0 Å². The molecule has 0 spiro atoms. The van der Waals surface area contributed by atoms with E-state index in [1.54, 1.807) is 28.8 Å². The average Bonchev–Trinajstić information content (AvgIpc) is 3.35. The number of hydrogen-bond acceptors (Lipinski definition) is 7. The van der Waals surface area contributed by atoms with Crippen molar-refractivity contribution < 1.29 is 4.39 Å². The smallest absolute Gasteiger partial charge is 0.222 e. The molecule has 28 heavy (non-hydrogen) atoms. The van der Waals surface area contributed by atoms with Gasteiger partial charge in [0, 0.05) is 17.3 Å². The molecule has 0 radical (unpaired) electrons. The molecule has 10 heteroatoms. The maximum atomic E-state index is 13.4. The van der Waals surface area contributed by atoms with Crippen LogP contribution in [0.25, 0.3) is 33.8 Å². The second-order valence-electron chi connectivity index (χ2n) is 6.02. The molecule has 0 unspecified atom stereocenters. The van der Waals surface area contributed by atoms with E-state index < -0.39 is 0 Å². The van der Waals surface area contributed by atoms with E-state index in [2.05, 4.69) is 31.6 Å². The Bertz CT molecular complexity index is 1390. The number of nitrogen functional groups attached to an aromatic ring is 1. The number of pyridine rings is 1. The molecule has 0 atom stereocenters. The van der Waals surface area contributed by atoms with Crippen LogP contribution in [0.5, 0.6) is 0 Å². The molecule has 0 aliphatic rings. The van der Waals surface area contributed by atoms with Gasteiger partial charge in [-0.05, 0) is 46.8 Å². The predicted octanol–water partition coefficient (Wildman–Crippen LogP) is 2.09. The number of benzene rings is 1. The van der Waals surface area contributed by atoms with Crippen LogP contribution in [0, 0.1) is 17.1 Å². The quantitative estimate of drug-likeness (QED) is 0.504. The molecule has 9 nitrogen and oxygen atoms in total. The van der Waals surface area contributed by atoms with Crippen molar-refractivity contribution in [3.05, 3.63) is 60.3 Å². The van der Waals surface area contributed by atoms with E-state index in [0.29, 0.717) is 39.5 Å². The molecule has 0 bridgehead atoms. The monoisotopic (exact) mass is 371 g/mol. The first-order valence-electron chi connectivity index (χ1n) is 8.17. The van der Waals surface area contributed by atoms with E-state index in [-0.39, 0.29) is 11.6 Å². The molecular formula is C18H10FN9.